The van der Waals surface area contributed by atoms with E-state index in [1.165, 1.54) is 26.4 Å². The highest BCUT2D eigenvalue weighted by molar-refractivity contribution is 6.43. The van der Waals surface area contributed by atoms with Crippen molar-refractivity contribution in [2.45, 2.75) is 19.8 Å². The van der Waals surface area contributed by atoms with E-state index in [9.17, 15) is 14.7 Å². The van der Waals surface area contributed by atoms with Gasteiger partial charge in [-0.25, -0.2) is 0 Å². The molecule has 18 heavy (non-hydrogen) atoms. The first-order valence-electron chi connectivity index (χ1n) is 5.57. The minimum atomic E-state index is -0.603. The number of phenolic OH excluding ortho intramolecular Hbond substituents is 1. The van der Waals surface area contributed by atoms with Crippen LogP contribution in [0.3, 0.4) is 0 Å². The van der Waals surface area contributed by atoms with Gasteiger partial charge in [-0.2, -0.15) is 0 Å². The lowest BCUT2D eigenvalue weighted by atomic mass is 10.0. The number of hydrogen-bond donors (Lipinski definition) is 1. The van der Waals surface area contributed by atoms with Crippen LogP contribution in [0.1, 0.15) is 30.1 Å². The van der Waals surface area contributed by atoms with Gasteiger partial charge in [0.25, 0.3) is 0 Å². The first kappa shape index (κ1) is 14.0. The fourth-order valence-corrected chi connectivity index (χ4v) is 1.53. The zero-order chi connectivity index (χ0) is 13.7. The summed E-state index contributed by atoms with van der Waals surface area (Å²) >= 11 is 0. The number of Topliss-reactive ketones (excluding diaryl/α,β-unsaturated/α-hetero) is 2. The molecule has 0 aliphatic rings. The van der Waals surface area contributed by atoms with Crippen LogP contribution < -0.4 is 9.47 Å². The largest absolute Gasteiger partial charge is 0.502 e. The standard InChI is InChI=1S/C13H16O5/c1-4-5-9(14)12(15)8-6-10(17-2)13(16)11(7-8)18-3/h6-7,16H,4-5H2,1-3H3. The highest BCUT2D eigenvalue weighted by Crippen LogP contribution is 2.37. The van der Waals surface area contributed by atoms with Crippen LogP contribution >= 0.6 is 0 Å². The van der Waals surface area contributed by atoms with Crippen molar-refractivity contribution < 1.29 is 24.2 Å². The minimum absolute atomic E-state index is 0.0991. The van der Waals surface area contributed by atoms with Crippen molar-refractivity contribution in [2.24, 2.45) is 0 Å². The maximum absolute atomic E-state index is 11.8. The molecule has 0 aromatic heterocycles. The minimum Gasteiger partial charge on any atom is -0.502 e. The van der Waals surface area contributed by atoms with E-state index in [0.717, 1.165) is 0 Å². The van der Waals surface area contributed by atoms with Gasteiger partial charge in [0.15, 0.2) is 11.5 Å². The first-order valence-corrected chi connectivity index (χ1v) is 5.57. The van der Waals surface area contributed by atoms with Crippen molar-refractivity contribution in [1.29, 1.82) is 0 Å². The molecule has 1 rings (SSSR count). The predicted octanol–water partition coefficient (Wildman–Crippen LogP) is 1.96. The molecule has 0 spiro atoms. The van der Waals surface area contributed by atoms with Crippen LogP contribution in [0.15, 0.2) is 12.1 Å². The zero-order valence-corrected chi connectivity index (χ0v) is 10.6. The molecule has 0 atom stereocenters. The number of ether oxygens (including phenoxy) is 2. The first-order chi connectivity index (χ1) is 8.54. The van der Waals surface area contributed by atoms with Crippen molar-refractivity contribution >= 4 is 11.6 Å². The average molecular weight is 252 g/mol. The molecule has 0 unspecified atom stereocenters. The van der Waals surface area contributed by atoms with E-state index in [4.69, 9.17) is 9.47 Å². The molecule has 0 aliphatic carbocycles. The van der Waals surface area contributed by atoms with E-state index in [-0.39, 0.29) is 29.2 Å². The van der Waals surface area contributed by atoms with Gasteiger partial charge in [-0.1, -0.05) is 6.92 Å². The normalized spacial score (nSPS) is 9.94. The van der Waals surface area contributed by atoms with Crippen LogP contribution in [0, 0.1) is 0 Å². The Morgan fingerprint density at radius 2 is 1.67 bits per heavy atom. The van der Waals surface area contributed by atoms with Crippen molar-refractivity contribution in [3.05, 3.63) is 17.7 Å². The predicted molar refractivity (Wildman–Crippen MR) is 65.5 cm³/mol. The molecule has 0 radical (unpaired) electrons. The van der Waals surface area contributed by atoms with Crippen molar-refractivity contribution in [3.8, 4) is 17.2 Å². The summed E-state index contributed by atoms with van der Waals surface area (Å²) in [6.45, 7) is 1.82. The van der Waals surface area contributed by atoms with Gasteiger partial charge in [-0.15, -0.1) is 0 Å². The Labute approximate surface area is 105 Å². The molecule has 5 heteroatoms. The van der Waals surface area contributed by atoms with Crippen LogP contribution in [0.2, 0.25) is 0 Å². The van der Waals surface area contributed by atoms with Crippen molar-refractivity contribution in [3.63, 3.8) is 0 Å². The lowest BCUT2D eigenvalue weighted by molar-refractivity contribution is -0.115. The van der Waals surface area contributed by atoms with Gasteiger partial charge in [0.1, 0.15) is 0 Å². The number of aromatic hydroxyl groups is 1. The quantitative estimate of drug-likeness (QED) is 0.619. The second-order valence-corrected chi connectivity index (χ2v) is 3.73. The molecular formula is C13H16O5. The van der Waals surface area contributed by atoms with Crippen molar-refractivity contribution in [1.82, 2.24) is 0 Å². The highest BCUT2D eigenvalue weighted by atomic mass is 16.5. The Morgan fingerprint density at radius 1 is 1.17 bits per heavy atom. The van der Waals surface area contributed by atoms with E-state index in [0.29, 0.717) is 6.42 Å². The molecule has 0 saturated carbocycles. The van der Waals surface area contributed by atoms with Gasteiger partial charge in [-0.05, 0) is 18.6 Å². The summed E-state index contributed by atoms with van der Waals surface area (Å²) in [5.41, 5.74) is 0.153. The third-order valence-corrected chi connectivity index (χ3v) is 2.47. The molecule has 5 nitrogen and oxygen atoms in total. The number of methoxy groups -OCH3 is 2. The molecule has 1 N–H and O–H groups in total. The van der Waals surface area contributed by atoms with E-state index >= 15 is 0 Å². The van der Waals surface area contributed by atoms with Gasteiger partial charge in [0.2, 0.25) is 17.3 Å². The monoisotopic (exact) mass is 252 g/mol. The molecule has 1 aromatic carbocycles. The number of hydrogen-bond acceptors (Lipinski definition) is 5. The van der Waals surface area contributed by atoms with E-state index in [2.05, 4.69) is 0 Å². The summed E-state index contributed by atoms with van der Waals surface area (Å²) in [4.78, 5) is 23.4. The molecular weight excluding hydrogens is 236 g/mol. The maximum Gasteiger partial charge on any atom is 0.228 e. The summed E-state index contributed by atoms with van der Waals surface area (Å²) in [5, 5.41) is 9.69. The Hall–Kier alpha value is -2.04. The molecule has 0 fully saturated rings. The third-order valence-electron chi connectivity index (χ3n) is 2.47. The zero-order valence-electron chi connectivity index (χ0n) is 10.6. The number of phenols is 1. The van der Waals surface area contributed by atoms with Crippen LogP contribution in [0.5, 0.6) is 17.2 Å². The molecule has 0 saturated heterocycles. The van der Waals surface area contributed by atoms with Gasteiger partial charge in [-0.3, -0.25) is 9.59 Å². The molecule has 0 bridgehead atoms. The van der Waals surface area contributed by atoms with Gasteiger partial charge < -0.3 is 14.6 Å². The van der Waals surface area contributed by atoms with Gasteiger partial charge >= 0.3 is 0 Å². The number of benzene rings is 1. The lowest BCUT2D eigenvalue weighted by Crippen LogP contribution is -2.13. The van der Waals surface area contributed by atoms with E-state index in [1.54, 1.807) is 0 Å². The summed E-state index contributed by atoms with van der Waals surface area (Å²) in [6, 6.07) is 2.65. The van der Waals surface area contributed by atoms with Crippen molar-refractivity contribution in [2.75, 3.05) is 14.2 Å². The van der Waals surface area contributed by atoms with Gasteiger partial charge in [0.05, 0.1) is 14.2 Å². The molecule has 0 amide bonds. The fraction of sp³-hybridized carbons (Fsp3) is 0.385. The fourth-order valence-electron chi connectivity index (χ4n) is 1.53. The van der Waals surface area contributed by atoms with Crippen LogP contribution in [0.25, 0.3) is 0 Å². The number of carbonyl (C=O) groups is 2. The topological polar surface area (TPSA) is 72.8 Å². The van der Waals surface area contributed by atoms with Gasteiger partial charge in [0, 0.05) is 12.0 Å². The molecule has 0 aliphatic heterocycles. The summed E-state index contributed by atoms with van der Waals surface area (Å²) in [6.07, 6.45) is 0.807. The van der Waals surface area contributed by atoms with Crippen LogP contribution in [0.4, 0.5) is 0 Å². The highest BCUT2D eigenvalue weighted by Gasteiger charge is 2.20. The Kier molecular flexibility index (Phi) is 4.71. The van der Waals surface area contributed by atoms with Crippen LogP contribution in [-0.4, -0.2) is 30.9 Å². The molecule has 98 valence electrons. The number of carbonyl (C=O) groups excluding carboxylic acids is 2. The molecule has 0 heterocycles. The second kappa shape index (κ2) is 6.05. The lowest BCUT2D eigenvalue weighted by Gasteiger charge is -2.10. The Balaban J connectivity index is 3.17. The maximum atomic E-state index is 11.8. The third kappa shape index (κ3) is 2.80. The Bertz CT molecular complexity index is 439. The summed E-state index contributed by atoms with van der Waals surface area (Å²) < 4.78 is 9.85. The van der Waals surface area contributed by atoms with Crippen LogP contribution in [-0.2, 0) is 4.79 Å². The summed E-state index contributed by atoms with van der Waals surface area (Å²) in [7, 11) is 2.72. The molecule has 1 aromatic rings. The SMILES string of the molecule is CCCC(=O)C(=O)c1cc(OC)c(O)c(OC)c1. The Morgan fingerprint density at radius 3 is 2.06 bits per heavy atom. The van der Waals surface area contributed by atoms with E-state index < -0.39 is 11.6 Å². The van der Waals surface area contributed by atoms with E-state index in [1.807, 2.05) is 6.92 Å². The number of ketones is 2. The summed E-state index contributed by atoms with van der Waals surface area (Å²) in [5.74, 6) is -1.07. The average Bonchev–Trinajstić information content (AvgIpc) is 2.38. The smallest absolute Gasteiger partial charge is 0.228 e. The second-order valence-electron chi connectivity index (χ2n) is 3.73. The number of rotatable bonds is 6.